The summed E-state index contributed by atoms with van der Waals surface area (Å²) < 4.78 is 3.18. The summed E-state index contributed by atoms with van der Waals surface area (Å²) in [5.74, 6) is 0. The van der Waals surface area contributed by atoms with Crippen molar-refractivity contribution in [3.8, 4) is 0 Å². The lowest BCUT2D eigenvalue weighted by Gasteiger charge is -2.30. The first-order valence-corrected chi connectivity index (χ1v) is 9.60. The van der Waals surface area contributed by atoms with E-state index in [2.05, 4.69) is 108 Å². The Morgan fingerprint density at radius 1 is 0.750 bits per heavy atom. The van der Waals surface area contributed by atoms with Gasteiger partial charge in [-0.3, -0.25) is 9.80 Å². The molecule has 2 aliphatic rings. The summed E-state index contributed by atoms with van der Waals surface area (Å²) in [6, 6.07) is 0. The van der Waals surface area contributed by atoms with Crippen LogP contribution >= 0.6 is 96.0 Å². The standard InChI is InChI=1S/C8H8Br6N4.2BrH/c9-7(10)15(3-5-17(7)13)1-2-16-4-6-18(14)8(16,11)12;;/h3-6H,1-2H2;2*1H. The van der Waals surface area contributed by atoms with E-state index in [-0.39, 0.29) is 40.9 Å². The molecule has 2 aliphatic heterocycles. The first kappa shape index (κ1) is 22.8. The molecule has 2 rings (SSSR count). The lowest BCUT2D eigenvalue weighted by molar-refractivity contribution is -0.924. The molecule has 0 saturated heterocycles. The van der Waals surface area contributed by atoms with Crippen LogP contribution in [0.15, 0.2) is 24.8 Å². The van der Waals surface area contributed by atoms with Crippen LogP contribution in [0.1, 0.15) is 0 Å². The quantitative estimate of drug-likeness (QED) is 0.171. The maximum absolute atomic E-state index is 3.65. The van der Waals surface area contributed by atoms with E-state index in [1.54, 1.807) is 0 Å². The molecule has 118 valence electrons. The van der Waals surface area contributed by atoms with Gasteiger partial charge in [-0.15, -0.1) is 0 Å². The molecule has 12 heteroatoms. The van der Waals surface area contributed by atoms with Crippen molar-refractivity contribution in [3.05, 3.63) is 24.8 Å². The SMILES string of the molecule is BrN1C=C[NH+](CC[NH+]2C=CN(Br)C2(Br)Br)C1(Br)Br.[Br-].[Br-]. The van der Waals surface area contributed by atoms with Gasteiger partial charge in [0.25, 0.3) is 6.96 Å². The normalized spacial score (nSPS) is 29.3. The molecule has 0 aromatic rings. The molecule has 0 fully saturated rings. The maximum atomic E-state index is 3.65. The maximum Gasteiger partial charge on any atom is 0.298 e. The van der Waals surface area contributed by atoms with Crippen molar-refractivity contribution < 1.29 is 43.8 Å². The van der Waals surface area contributed by atoms with Crippen LogP contribution in [0.4, 0.5) is 0 Å². The summed E-state index contributed by atoms with van der Waals surface area (Å²) >= 11 is 21.5. The Bertz CT molecular complexity index is 351. The summed E-state index contributed by atoms with van der Waals surface area (Å²) in [6.45, 7) is 1.91. The van der Waals surface area contributed by atoms with Crippen molar-refractivity contribution in [1.82, 2.24) is 7.85 Å². The minimum Gasteiger partial charge on any atom is -1.00 e. The first-order chi connectivity index (χ1) is 8.26. The second-order valence-electron chi connectivity index (χ2n) is 3.89. The zero-order valence-corrected chi connectivity index (χ0v) is 22.3. The van der Waals surface area contributed by atoms with E-state index >= 15 is 0 Å². The van der Waals surface area contributed by atoms with Crippen LogP contribution in [0.5, 0.6) is 0 Å². The van der Waals surface area contributed by atoms with E-state index in [0.29, 0.717) is 0 Å². The molecule has 0 aromatic heterocycles. The van der Waals surface area contributed by atoms with Gasteiger partial charge >= 0.3 is 0 Å². The Kier molecular flexibility index (Phi) is 10.0. The summed E-state index contributed by atoms with van der Waals surface area (Å²) in [4.78, 5) is 2.54. The van der Waals surface area contributed by atoms with Crippen molar-refractivity contribution in [2.24, 2.45) is 0 Å². The number of quaternary nitrogens is 2. The van der Waals surface area contributed by atoms with Crippen molar-refractivity contribution in [2.75, 3.05) is 13.1 Å². The molecule has 20 heavy (non-hydrogen) atoms. The molecule has 0 aliphatic carbocycles. The Labute approximate surface area is 190 Å². The minimum absolute atomic E-state index is 0. The molecule has 2 atom stereocenters. The Hall–Kier alpha value is 2.84. The monoisotopic (exact) mass is 793 g/mol. The Morgan fingerprint density at radius 2 is 1.05 bits per heavy atom. The fourth-order valence-electron chi connectivity index (χ4n) is 1.71. The molecule has 2 N–H and O–H groups in total. The van der Waals surface area contributed by atoms with Crippen LogP contribution in [0, 0.1) is 0 Å². The Balaban J connectivity index is 0.00000180. The van der Waals surface area contributed by atoms with Gasteiger partial charge < -0.3 is 34.0 Å². The third-order valence-corrected chi connectivity index (χ3v) is 9.79. The van der Waals surface area contributed by atoms with E-state index in [1.807, 2.05) is 20.3 Å². The summed E-state index contributed by atoms with van der Waals surface area (Å²) in [5, 5.41) is 0. The molecule has 2 unspecified atom stereocenters. The van der Waals surface area contributed by atoms with Crippen LogP contribution in [-0.4, -0.2) is 27.9 Å². The molecule has 2 heterocycles. The van der Waals surface area contributed by atoms with Crippen LogP contribution in [-0.2, 0) is 0 Å². The summed E-state index contributed by atoms with van der Waals surface area (Å²) in [7, 11) is 0. The van der Waals surface area contributed by atoms with Crippen molar-refractivity contribution in [3.63, 3.8) is 0 Å². The highest BCUT2D eigenvalue weighted by molar-refractivity contribution is 9.26. The molecule has 4 nitrogen and oxygen atoms in total. The number of rotatable bonds is 3. The predicted molar refractivity (Wildman–Crippen MR) is 92.6 cm³/mol. The largest absolute Gasteiger partial charge is 1.00 e. The van der Waals surface area contributed by atoms with E-state index in [4.69, 9.17) is 0 Å². The fraction of sp³-hybridized carbons (Fsp3) is 0.500. The summed E-state index contributed by atoms with van der Waals surface area (Å²) in [6.07, 6.45) is 8.18. The third-order valence-electron chi connectivity index (χ3n) is 2.79. The van der Waals surface area contributed by atoms with Gasteiger partial charge in [0.05, 0.1) is 44.7 Å². The fourth-order valence-corrected chi connectivity index (χ4v) is 4.20. The van der Waals surface area contributed by atoms with Gasteiger partial charge in [-0.2, -0.15) is 0 Å². The number of hydrogen-bond acceptors (Lipinski definition) is 2. The van der Waals surface area contributed by atoms with E-state index in [1.165, 1.54) is 9.80 Å². The average Bonchev–Trinajstić information content (AvgIpc) is 2.67. The van der Waals surface area contributed by atoms with Crippen molar-refractivity contribution in [2.45, 2.75) is 6.96 Å². The highest BCUT2D eigenvalue weighted by Gasteiger charge is 2.47. The number of alkyl halides is 4. The van der Waals surface area contributed by atoms with Gasteiger partial charge in [-0.05, 0) is 0 Å². The molecular weight excluding hydrogens is 791 g/mol. The molecule has 0 saturated carbocycles. The van der Waals surface area contributed by atoms with Crippen molar-refractivity contribution in [1.29, 1.82) is 0 Å². The highest BCUT2D eigenvalue weighted by atomic mass is 79.9. The molecular formula is C8H10Br8N4. The van der Waals surface area contributed by atoms with Crippen LogP contribution < -0.4 is 43.8 Å². The van der Waals surface area contributed by atoms with E-state index < -0.39 is 0 Å². The van der Waals surface area contributed by atoms with Crippen LogP contribution in [0.3, 0.4) is 0 Å². The van der Waals surface area contributed by atoms with Gasteiger partial charge in [0.1, 0.15) is 25.5 Å². The smallest absolute Gasteiger partial charge is 0.298 e. The summed E-state index contributed by atoms with van der Waals surface area (Å²) in [5.41, 5.74) is 0. The second kappa shape index (κ2) is 8.80. The van der Waals surface area contributed by atoms with E-state index in [9.17, 15) is 0 Å². The molecule has 0 spiro atoms. The van der Waals surface area contributed by atoms with Gasteiger partial charge in [0.2, 0.25) is 0 Å². The molecule has 0 bridgehead atoms. The van der Waals surface area contributed by atoms with Gasteiger partial charge in [0, 0.05) is 63.7 Å². The van der Waals surface area contributed by atoms with Gasteiger partial charge in [-0.25, -0.2) is 7.85 Å². The highest BCUT2D eigenvalue weighted by Crippen LogP contribution is 2.31. The van der Waals surface area contributed by atoms with Crippen LogP contribution in [0.2, 0.25) is 0 Å². The number of nitrogens with one attached hydrogen (secondary N) is 2. The van der Waals surface area contributed by atoms with Crippen molar-refractivity contribution >= 4 is 96.0 Å². The zero-order valence-electron chi connectivity index (χ0n) is 9.64. The number of nitrogens with zero attached hydrogens (tertiary/aromatic N) is 2. The zero-order chi connectivity index (χ0) is 13.6. The first-order valence-electron chi connectivity index (χ1n) is 5.01. The molecule has 0 amide bonds. The van der Waals surface area contributed by atoms with Gasteiger partial charge in [0.15, 0.2) is 0 Å². The Morgan fingerprint density at radius 3 is 1.25 bits per heavy atom. The van der Waals surface area contributed by atoms with Gasteiger partial charge in [-0.1, -0.05) is 0 Å². The topological polar surface area (TPSA) is 15.4 Å². The minimum atomic E-state index is -0.321. The van der Waals surface area contributed by atoms with Crippen LogP contribution in [0.25, 0.3) is 0 Å². The molecule has 0 aromatic carbocycles. The van der Waals surface area contributed by atoms with E-state index in [0.717, 1.165) is 13.1 Å². The second-order valence-corrected chi connectivity index (χ2v) is 12.1. The number of halogens is 8. The lowest BCUT2D eigenvalue weighted by atomic mass is 10.5. The molecule has 0 radical (unpaired) electrons. The number of hydrogen-bond donors (Lipinski definition) is 2. The average molecular weight is 801 g/mol. The third kappa shape index (κ3) is 4.69. The lowest BCUT2D eigenvalue weighted by Crippen LogP contribution is -3.21. The predicted octanol–water partition coefficient (Wildman–Crippen LogP) is -4.24.